The van der Waals surface area contributed by atoms with Crippen LogP contribution in [0.15, 0.2) is 41.3 Å². The normalized spacial score (nSPS) is 14.8. The molecular weight excluding hydrogens is 496 g/mol. The number of hydrogen-bond acceptors (Lipinski definition) is 7. The SMILES string of the molecule is CS(=O)(=O)c1ccc2nc(N(CCN3CCOCC3)C(=O)c3ccc(F)cc3F)sc2c1.Cl. The van der Waals surface area contributed by atoms with Crippen molar-refractivity contribution in [3.05, 3.63) is 53.6 Å². The molecule has 0 saturated carbocycles. The lowest BCUT2D eigenvalue weighted by molar-refractivity contribution is 0.0391. The highest BCUT2D eigenvalue weighted by atomic mass is 35.5. The van der Waals surface area contributed by atoms with Crippen LogP contribution < -0.4 is 4.90 Å². The Morgan fingerprint density at radius 3 is 2.58 bits per heavy atom. The number of rotatable bonds is 6. The van der Waals surface area contributed by atoms with Crippen LogP contribution in [0.5, 0.6) is 0 Å². The number of aromatic nitrogens is 1. The molecule has 1 saturated heterocycles. The van der Waals surface area contributed by atoms with E-state index < -0.39 is 27.4 Å². The minimum absolute atomic E-state index is 0. The van der Waals surface area contributed by atoms with Crippen LogP contribution in [0, 0.1) is 11.6 Å². The Labute approximate surface area is 200 Å². The Morgan fingerprint density at radius 1 is 1.18 bits per heavy atom. The molecule has 1 fully saturated rings. The lowest BCUT2D eigenvalue weighted by atomic mass is 10.2. The molecule has 1 aliphatic heterocycles. The molecule has 2 heterocycles. The van der Waals surface area contributed by atoms with Crippen LogP contribution >= 0.6 is 23.7 Å². The molecule has 7 nitrogen and oxygen atoms in total. The lowest BCUT2D eigenvalue weighted by Crippen LogP contribution is -2.43. The summed E-state index contributed by atoms with van der Waals surface area (Å²) in [5, 5.41) is 0.313. The third kappa shape index (κ3) is 5.85. The summed E-state index contributed by atoms with van der Waals surface area (Å²) >= 11 is 1.14. The number of benzene rings is 2. The minimum atomic E-state index is -3.40. The number of carbonyl (C=O) groups is 1. The summed E-state index contributed by atoms with van der Waals surface area (Å²) in [6, 6.07) is 7.37. The molecule has 33 heavy (non-hydrogen) atoms. The van der Waals surface area contributed by atoms with Crippen molar-refractivity contribution in [1.82, 2.24) is 9.88 Å². The van der Waals surface area contributed by atoms with Crippen molar-refractivity contribution in [2.45, 2.75) is 4.90 Å². The lowest BCUT2D eigenvalue weighted by Gasteiger charge is -2.29. The van der Waals surface area contributed by atoms with Crippen molar-refractivity contribution >= 4 is 54.8 Å². The smallest absolute Gasteiger partial charge is 0.263 e. The first-order valence-corrected chi connectivity index (χ1v) is 12.6. The average Bonchev–Trinajstić information content (AvgIpc) is 3.17. The summed E-state index contributed by atoms with van der Waals surface area (Å²) in [6.45, 7) is 3.36. The number of hydrogen-bond donors (Lipinski definition) is 0. The van der Waals surface area contributed by atoms with Crippen LogP contribution in [0.3, 0.4) is 0 Å². The van der Waals surface area contributed by atoms with Gasteiger partial charge in [0.15, 0.2) is 15.0 Å². The molecule has 0 radical (unpaired) electrons. The van der Waals surface area contributed by atoms with Crippen molar-refractivity contribution < 1.29 is 26.7 Å². The van der Waals surface area contributed by atoms with Gasteiger partial charge in [-0.05, 0) is 30.3 Å². The van der Waals surface area contributed by atoms with Crippen LogP contribution in [-0.2, 0) is 14.6 Å². The van der Waals surface area contributed by atoms with Gasteiger partial charge in [0.05, 0.1) is 33.9 Å². The van der Waals surface area contributed by atoms with E-state index in [-0.39, 0.29) is 29.4 Å². The molecule has 1 aromatic heterocycles. The summed E-state index contributed by atoms with van der Waals surface area (Å²) < 4.78 is 57.4. The Hall–Kier alpha value is -2.18. The molecule has 1 aliphatic rings. The zero-order valence-electron chi connectivity index (χ0n) is 17.7. The van der Waals surface area contributed by atoms with Gasteiger partial charge in [0.1, 0.15) is 11.6 Å². The number of amides is 1. The van der Waals surface area contributed by atoms with Crippen LogP contribution in [0.4, 0.5) is 13.9 Å². The van der Waals surface area contributed by atoms with Crippen LogP contribution in [0.2, 0.25) is 0 Å². The van der Waals surface area contributed by atoms with E-state index in [0.717, 1.165) is 29.7 Å². The molecule has 0 spiro atoms. The monoisotopic (exact) mass is 517 g/mol. The highest BCUT2D eigenvalue weighted by Crippen LogP contribution is 2.31. The van der Waals surface area contributed by atoms with E-state index >= 15 is 0 Å². The molecular formula is C21H22ClF2N3O4S2. The van der Waals surface area contributed by atoms with E-state index in [1.807, 2.05) is 0 Å². The maximum Gasteiger partial charge on any atom is 0.263 e. The third-order valence-electron chi connectivity index (χ3n) is 5.16. The van der Waals surface area contributed by atoms with Crippen molar-refractivity contribution in [1.29, 1.82) is 0 Å². The van der Waals surface area contributed by atoms with Gasteiger partial charge in [0.2, 0.25) is 0 Å². The highest BCUT2D eigenvalue weighted by Gasteiger charge is 2.25. The molecule has 178 valence electrons. The van der Waals surface area contributed by atoms with Gasteiger partial charge in [-0.25, -0.2) is 22.2 Å². The molecule has 0 N–H and O–H groups in total. The van der Waals surface area contributed by atoms with Crippen molar-refractivity contribution in [3.8, 4) is 0 Å². The summed E-state index contributed by atoms with van der Waals surface area (Å²) in [5.74, 6) is -2.36. The van der Waals surface area contributed by atoms with Gasteiger partial charge in [0, 0.05) is 38.5 Å². The Bertz CT molecular complexity index is 1260. The van der Waals surface area contributed by atoms with E-state index in [4.69, 9.17) is 4.74 Å². The maximum atomic E-state index is 14.4. The van der Waals surface area contributed by atoms with E-state index in [0.29, 0.717) is 54.3 Å². The first kappa shape index (κ1) is 25.4. The van der Waals surface area contributed by atoms with Crippen LogP contribution in [0.25, 0.3) is 10.2 Å². The van der Waals surface area contributed by atoms with Crippen molar-refractivity contribution in [2.75, 3.05) is 50.5 Å². The zero-order chi connectivity index (χ0) is 22.9. The summed E-state index contributed by atoms with van der Waals surface area (Å²) in [4.78, 5) is 21.4. The van der Waals surface area contributed by atoms with Crippen molar-refractivity contribution in [2.24, 2.45) is 0 Å². The van der Waals surface area contributed by atoms with Crippen molar-refractivity contribution in [3.63, 3.8) is 0 Å². The second kappa shape index (κ2) is 10.4. The second-order valence-corrected chi connectivity index (χ2v) is 10.5. The Morgan fingerprint density at radius 2 is 1.91 bits per heavy atom. The number of anilines is 1. The number of carbonyl (C=O) groups excluding carboxylic acids is 1. The van der Waals surface area contributed by atoms with Gasteiger partial charge in [-0.15, -0.1) is 12.4 Å². The summed E-state index contributed by atoms with van der Waals surface area (Å²) in [5.41, 5.74) is 0.269. The van der Waals surface area contributed by atoms with Gasteiger partial charge in [0.25, 0.3) is 5.91 Å². The molecule has 0 unspecified atom stereocenters. The fraction of sp³-hybridized carbons (Fsp3) is 0.333. The number of fused-ring (bicyclic) bond motifs is 1. The van der Waals surface area contributed by atoms with Gasteiger partial charge >= 0.3 is 0 Å². The van der Waals surface area contributed by atoms with Gasteiger partial charge in [-0.2, -0.15) is 0 Å². The molecule has 2 aromatic carbocycles. The fourth-order valence-electron chi connectivity index (χ4n) is 3.40. The number of halogens is 3. The predicted molar refractivity (Wildman–Crippen MR) is 125 cm³/mol. The molecule has 12 heteroatoms. The number of morpholine rings is 1. The summed E-state index contributed by atoms with van der Waals surface area (Å²) in [6.07, 6.45) is 1.12. The summed E-state index contributed by atoms with van der Waals surface area (Å²) in [7, 11) is -3.40. The molecule has 3 aromatic rings. The molecule has 1 amide bonds. The van der Waals surface area contributed by atoms with E-state index in [2.05, 4.69) is 9.88 Å². The fourth-order valence-corrected chi connectivity index (χ4v) is 5.15. The van der Waals surface area contributed by atoms with Crippen LogP contribution in [-0.4, -0.2) is 69.9 Å². The second-order valence-electron chi connectivity index (χ2n) is 7.43. The standard InChI is InChI=1S/C21H21F2N3O4S2.ClH/c1-32(28,29)15-3-5-18-19(13-15)31-21(24-18)26(7-6-25-8-10-30-11-9-25)20(27)16-4-2-14(22)12-17(16)23;/h2-5,12-13H,6-11H2,1H3;1H. The molecule has 0 atom stereocenters. The zero-order valence-corrected chi connectivity index (χ0v) is 20.1. The van der Waals surface area contributed by atoms with Gasteiger partial charge < -0.3 is 4.74 Å². The predicted octanol–water partition coefficient (Wildman–Crippen LogP) is 3.38. The van der Waals surface area contributed by atoms with E-state index in [1.165, 1.54) is 17.0 Å². The van der Waals surface area contributed by atoms with Gasteiger partial charge in [-0.3, -0.25) is 14.6 Å². The number of thiazole rings is 1. The number of ether oxygens (including phenoxy) is 1. The number of nitrogens with zero attached hydrogens (tertiary/aromatic N) is 3. The van der Waals surface area contributed by atoms with Crippen LogP contribution in [0.1, 0.15) is 10.4 Å². The topological polar surface area (TPSA) is 79.8 Å². The molecule has 0 aliphatic carbocycles. The van der Waals surface area contributed by atoms with E-state index in [1.54, 1.807) is 6.07 Å². The minimum Gasteiger partial charge on any atom is -0.379 e. The first-order chi connectivity index (χ1) is 15.2. The first-order valence-electron chi connectivity index (χ1n) is 9.90. The van der Waals surface area contributed by atoms with Gasteiger partial charge in [-0.1, -0.05) is 11.3 Å². The Kier molecular flexibility index (Phi) is 8.01. The Balaban J connectivity index is 0.00000306. The average molecular weight is 518 g/mol. The quantitative estimate of drug-likeness (QED) is 0.499. The highest BCUT2D eigenvalue weighted by molar-refractivity contribution is 7.90. The molecule has 0 bridgehead atoms. The number of sulfone groups is 1. The third-order valence-corrected chi connectivity index (χ3v) is 7.31. The molecule has 4 rings (SSSR count). The van der Waals surface area contributed by atoms with E-state index in [9.17, 15) is 22.0 Å². The maximum absolute atomic E-state index is 14.4. The largest absolute Gasteiger partial charge is 0.379 e.